The van der Waals surface area contributed by atoms with Crippen LogP contribution >= 0.6 is 31.3 Å². The number of unbranched alkanes of at least 4 members (excludes halogenated alkanes) is 24. The van der Waals surface area contributed by atoms with Crippen molar-refractivity contribution in [3.05, 3.63) is 74.0 Å². The number of phosphoric ester groups is 3. The van der Waals surface area contributed by atoms with Gasteiger partial charge >= 0.3 is 31.3 Å². The van der Waals surface area contributed by atoms with Crippen LogP contribution in [0.25, 0.3) is 0 Å². The minimum atomic E-state index is -4.64. The quantitative estimate of drug-likeness (QED) is 0.0189. The zero-order valence-electron chi connectivity index (χ0n) is 42.7. The summed E-state index contributed by atoms with van der Waals surface area (Å²) < 4.78 is 71.8. The maximum absolute atomic E-state index is 11.6. The normalized spacial score (nSPS) is 14.4. The summed E-state index contributed by atoms with van der Waals surface area (Å²) in [5, 5.41) is 0. The van der Waals surface area contributed by atoms with Gasteiger partial charge in [0.05, 0.1) is 37.6 Å². The lowest BCUT2D eigenvalue weighted by atomic mass is 10.1. The topological polar surface area (TPSA) is 245 Å². The average Bonchev–Trinajstić information content (AvgIpc) is 3.27. The molecule has 0 spiro atoms. The van der Waals surface area contributed by atoms with Crippen LogP contribution in [0.3, 0.4) is 0 Å². The molecule has 404 valence electrons. The zero-order chi connectivity index (χ0) is 51.9. The van der Waals surface area contributed by atoms with E-state index in [-0.39, 0.29) is 0 Å². The van der Waals surface area contributed by atoms with Crippen molar-refractivity contribution in [2.75, 3.05) is 0 Å². The second kappa shape index (κ2) is 54.3. The van der Waals surface area contributed by atoms with Crippen LogP contribution in [0.15, 0.2) is 74.0 Å². The fraction of sp³-hybridized carbons (Fsp3) is 0.750. The van der Waals surface area contributed by atoms with Gasteiger partial charge in [0.25, 0.3) is 0 Å². The van der Waals surface area contributed by atoms with E-state index in [9.17, 15) is 28.4 Å². The first-order valence-corrected chi connectivity index (χ1v) is 31.2. The van der Waals surface area contributed by atoms with E-state index in [1.54, 1.807) is 36.5 Å². The number of hydrogen-bond acceptors (Lipinski definition) is 10. The molecule has 0 saturated heterocycles. The maximum Gasteiger partial charge on any atom is 0.583 e. The van der Waals surface area contributed by atoms with Gasteiger partial charge in [-0.05, 0) is 114 Å². The molecule has 0 aromatic rings. The van der Waals surface area contributed by atoms with Gasteiger partial charge in [0.1, 0.15) is 0 Å². The Labute approximate surface area is 412 Å². The van der Waals surface area contributed by atoms with Crippen molar-refractivity contribution in [3.63, 3.8) is 0 Å². The van der Waals surface area contributed by atoms with Crippen molar-refractivity contribution in [2.24, 2.45) is 0 Å². The summed E-state index contributed by atoms with van der Waals surface area (Å²) in [5.41, 5.74) is 0. The van der Waals surface area contributed by atoms with E-state index < -0.39 is 31.3 Å². The monoisotopic (exact) mass is 1050 g/mol. The molecule has 6 N–H and O–H groups in total. The molecule has 0 atom stereocenters. The highest BCUT2D eigenvalue weighted by atomic mass is 31.2. The van der Waals surface area contributed by atoms with Crippen LogP contribution in [-0.4, -0.2) is 29.4 Å². The van der Waals surface area contributed by atoms with Crippen LogP contribution < -0.4 is 0 Å². The van der Waals surface area contributed by atoms with Crippen molar-refractivity contribution in [3.8, 4) is 0 Å². The molecule has 68 heavy (non-hydrogen) atoms. The Balaban J connectivity index is -0.000000430. The van der Waals surface area contributed by atoms with Crippen molar-refractivity contribution in [1.29, 1.82) is 0 Å². The Morgan fingerprint density at radius 2 is 0.397 bits per heavy atom. The summed E-state index contributed by atoms with van der Waals surface area (Å²) in [6.45, 7) is 13.0. The van der Waals surface area contributed by atoms with Crippen molar-refractivity contribution < 1.29 is 74.8 Å². The minimum Gasteiger partial charge on any atom is -0.404 e. The smallest absolute Gasteiger partial charge is 0.404 e. The minimum absolute atomic E-state index is 0.848. The largest absolute Gasteiger partial charge is 0.583 e. The van der Waals surface area contributed by atoms with E-state index >= 15 is 0 Å². The van der Waals surface area contributed by atoms with Crippen LogP contribution in [0.2, 0.25) is 0 Å². The molecular formula is C48H96O16P4. The van der Waals surface area contributed by atoms with Crippen LogP contribution in [-0.2, 0) is 45.4 Å². The first kappa shape index (κ1) is 72.5. The Hall–Kier alpha value is -2.08. The number of hydrogen-bond donors (Lipinski definition) is 6. The van der Waals surface area contributed by atoms with E-state index in [2.05, 4.69) is 41.5 Å². The summed E-state index contributed by atoms with van der Waals surface area (Å²) in [6.07, 6.45) is 51.3. The summed E-state index contributed by atoms with van der Waals surface area (Å²) in [6, 6.07) is 0. The number of rotatable bonds is 42. The molecule has 0 aliphatic rings. The maximum atomic E-state index is 11.6. The SMILES string of the molecule is CCCCCC=COP(=O)(O)OC=CCCCCC.CCCCCCC=COP(=O)(O)OC=CCCCCCC.CCCCCCCC=COP(=O)(O)OC=CCCCCCCC.O=P(O)(O)O. The molecule has 0 heterocycles. The zero-order valence-corrected chi connectivity index (χ0v) is 46.3. The number of phosphoric acid groups is 4. The Morgan fingerprint density at radius 3 is 0.574 bits per heavy atom. The molecule has 20 heteroatoms. The third-order valence-corrected chi connectivity index (χ3v) is 11.4. The van der Waals surface area contributed by atoms with Crippen LogP contribution in [0.1, 0.15) is 234 Å². The molecule has 0 amide bonds. The van der Waals surface area contributed by atoms with Crippen molar-refractivity contribution in [1.82, 2.24) is 0 Å². The first-order chi connectivity index (χ1) is 32.4. The average molecular weight is 1050 g/mol. The summed E-state index contributed by atoms with van der Waals surface area (Å²) in [7, 11) is -16.6. The molecule has 0 fully saturated rings. The molecule has 16 nitrogen and oxygen atoms in total. The summed E-state index contributed by atoms with van der Waals surface area (Å²) in [4.78, 5) is 49.8. The van der Waals surface area contributed by atoms with Crippen LogP contribution in [0, 0.1) is 0 Å². The lowest BCUT2D eigenvalue weighted by Crippen LogP contribution is -1.84. The second-order valence-corrected chi connectivity index (χ2v) is 21.0. The highest BCUT2D eigenvalue weighted by Gasteiger charge is 2.21. The van der Waals surface area contributed by atoms with Crippen LogP contribution in [0.4, 0.5) is 0 Å². The third kappa shape index (κ3) is 75.4. The third-order valence-electron chi connectivity index (χ3n) is 9.09. The van der Waals surface area contributed by atoms with Crippen LogP contribution in [0.5, 0.6) is 0 Å². The van der Waals surface area contributed by atoms with E-state index in [1.807, 2.05) is 0 Å². The highest BCUT2D eigenvalue weighted by Crippen LogP contribution is 2.45. The predicted molar refractivity (Wildman–Crippen MR) is 278 cm³/mol. The van der Waals surface area contributed by atoms with Gasteiger partial charge in [0.15, 0.2) is 0 Å². The van der Waals surface area contributed by atoms with E-state index in [0.29, 0.717) is 0 Å². The second-order valence-electron chi connectivity index (χ2n) is 15.9. The summed E-state index contributed by atoms with van der Waals surface area (Å²) >= 11 is 0. The van der Waals surface area contributed by atoms with Gasteiger partial charge in [-0.1, -0.05) is 157 Å². The number of allylic oxidation sites excluding steroid dienone is 6. The fourth-order valence-corrected chi connectivity index (χ4v) is 6.92. The van der Waals surface area contributed by atoms with Gasteiger partial charge in [-0.25, -0.2) is 18.3 Å². The van der Waals surface area contributed by atoms with Crippen molar-refractivity contribution >= 4 is 31.3 Å². The van der Waals surface area contributed by atoms with Gasteiger partial charge in [0, 0.05) is 0 Å². The predicted octanol–water partition coefficient (Wildman–Crippen LogP) is 17.3. The molecule has 0 aliphatic heterocycles. The van der Waals surface area contributed by atoms with Gasteiger partial charge in [0.2, 0.25) is 0 Å². The molecule has 0 rings (SSSR count). The van der Waals surface area contributed by atoms with Crippen molar-refractivity contribution in [2.45, 2.75) is 234 Å². The standard InChI is InChI=1S/C18H35O4P.C16H31O4P.C14H27O4P.H3O4P/c1-3-5-7-9-11-13-15-17-21-23(19,20)22-18-16-14-12-10-8-6-4-2;1-3-5-7-9-11-13-15-19-21(17,18)20-16-14-12-10-8-6-4-2;1-3-5-7-9-11-13-17-19(15,16)18-14-12-10-8-6-4-2;1-5(2,3)4/h15-18H,3-14H2,1-2H3,(H,19,20);13-16H,3-12H2,1-2H3,(H,17,18);11-14H,3-10H2,1-2H3,(H,15,16);(H3,1,2,3,4). The molecule has 0 aromatic heterocycles. The Bertz CT molecular complexity index is 1350. The van der Waals surface area contributed by atoms with Gasteiger partial charge in [-0.3, -0.25) is 14.7 Å². The van der Waals surface area contributed by atoms with Gasteiger partial charge in [-0.2, -0.15) is 0 Å². The lowest BCUT2D eigenvalue weighted by molar-refractivity contribution is 0.241. The molecule has 0 saturated carbocycles. The summed E-state index contributed by atoms with van der Waals surface area (Å²) in [5.74, 6) is 0. The Kier molecular flexibility index (Phi) is 57.8. The lowest BCUT2D eigenvalue weighted by Gasteiger charge is -2.07. The van der Waals surface area contributed by atoms with E-state index in [0.717, 1.165) is 103 Å². The fourth-order valence-electron chi connectivity index (χ4n) is 5.34. The molecule has 0 aliphatic carbocycles. The molecular weight excluding hydrogens is 956 g/mol. The van der Waals surface area contributed by atoms with Gasteiger partial charge < -0.3 is 41.8 Å². The molecule has 0 unspecified atom stereocenters. The molecule has 0 radical (unpaired) electrons. The molecule has 0 aromatic carbocycles. The molecule has 0 bridgehead atoms. The highest BCUT2D eigenvalue weighted by molar-refractivity contribution is 7.48. The Morgan fingerprint density at radius 1 is 0.265 bits per heavy atom. The first-order valence-electron chi connectivity index (χ1n) is 25.1. The van der Waals surface area contributed by atoms with Gasteiger partial charge in [-0.15, -0.1) is 0 Å². The van der Waals surface area contributed by atoms with E-state index in [1.165, 1.54) is 127 Å². The van der Waals surface area contributed by atoms with E-state index in [4.69, 9.17) is 46.4 Å².